The van der Waals surface area contributed by atoms with Gasteiger partial charge in [-0.15, -0.1) is 10.2 Å². The largest absolute Gasteiger partial charge is 0.150 e. The molecule has 69 valence electrons. The van der Waals surface area contributed by atoms with Crippen LogP contribution in [0.1, 0.15) is 0 Å². The first-order valence-corrected chi connectivity index (χ1v) is 4.68. The summed E-state index contributed by atoms with van der Waals surface area (Å²) in [5.74, 6) is 0. The van der Waals surface area contributed by atoms with Gasteiger partial charge in [-0.05, 0) is 30.3 Å². The van der Waals surface area contributed by atoms with Crippen molar-refractivity contribution in [3.63, 3.8) is 0 Å². The van der Waals surface area contributed by atoms with Gasteiger partial charge >= 0.3 is 0 Å². The molecule has 0 aliphatic heterocycles. The lowest BCUT2D eigenvalue weighted by Crippen LogP contribution is -1.86. The molecule has 0 unspecified atom stereocenters. The molecule has 0 aliphatic carbocycles. The third-order valence-corrected chi connectivity index (χ3v) is 2.30. The summed E-state index contributed by atoms with van der Waals surface area (Å²) in [6.07, 6.45) is 2.60. The number of aromatic nitrogens is 2. The van der Waals surface area contributed by atoms with Crippen LogP contribution < -0.4 is 0 Å². The number of hydrogen-bond acceptors (Lipinski definition) is 2. The van der Waals surface area contributed by atoms with Gasteiger partial charge in [0.15, 0.2) is 0 Å². The van der Waals surface area contributed by atoms with E-state index in [4.69, 9.17) is 23.2 Å². The van der Waals surface area contributed by atoms with Crippen molar-refractivity contribution in [1.29, 1.82) is 0 Å². The minimum atomic E-state index is 0.606. The molecule has 1 aromatic heterocycles. The van der Waals surface area contributed by atoms with E-state index < -0.39 is 0 Å². The molecule has 0 spiro atoms. The molecule has 0 amide bonds. The molecule has 0 bridgehead atoms. The van der Waals surface area contributed by atoms with Crippen LogP contribution in [0.5, 0.6) is 0 Å². The van der Waals surface area contributed by atoms with Gasteiger partial charge in [-0.1, -0.05) is 23.2 Å². The summed E-state index contributed by atoms with van der Waals surface area (Å²) in [6, 6.07) is 8.69. The van der Waals surface area contributed by atoms with Crippen LogP contribution in [-0.2, 0) is 0 Å². The number of benzene rings is 1. The van der Waals surface area contributed by atoms with Crippen molar-refractivity contribution in [2.45, 2.75) is 0 Å². The molecular formula is C10H5Cl2N2. The molecule has 2 aromatic rings. The molecule has 1 heterocycles. The first kappa shape index (κ1) is 9.44. The highest BCUT2D eigenvalue weighted by molar-refractivity contribution is 6.35. The van der Waals surface area contributed by atoms with Gasteiger partial charge < -0.3 is 0 Å². The highest BCUT2D eigenvalue weighted by atomic mass is 35.5. The maximum atomic E-state index is 5.99. The molecule has 2 rings (SSSR count). The second-order valence-electron chi connectivity index (χ2n) is 2.67. The standard InChI is InChI=1S/C10H5Cl2N2/c11-7-3-4-9(12)8(6-7)10-2-1-5-13-14-10/h1-4,6H. The van der Waals surface area contributed by atoms with Crippen LogP contribution in [-0.4, -0.2) is 10.2 Å². The van der Waals surface area contributed by atoms with Gasteiger partial charge in [-0.3, -0.25) is 0 Å². The number of halogens is 2. The van der Waals surface area contributed by atoms with E-state index in [0.717, 1.165) is 5.56 Å². The summed E-state index contributed by atoms with van der Waals surface area (Å²) in [5, 5.41) is 8.79. The topological polar surface area (TPSA) is 25.8 Å². The molecule has 0 N–H and O–H groups in total. The molecule has 0 fully saturated rings. The molecular weight excluding hydrogens is 219 g/mol. The zero-order chi connectivity index (χ0) is 9.97. The third kappa shape index (κ3) is 1.86. The molecule has 2 nitrogen and oxygen atoms in total. The predicted octanol–water partition coefficient (Wildman–Crippen LogP) is 3.25. The van der Waals surface area contributed by atoms with E-state index in [1.807, 2.05) is 0 Å². The van der Waals surface area contributed by atoms with Crippen molar-refractivity contribution in [1.82, 2.24) is 10.2 Å². The summed E-state index contributed by atoms with van der Waals surface area (Å²) < 4.78 is 0. The minimum absolute atomic E-state index is 0.606. The van der Waals surface area contributed by atoms with Crippen molar-refractivity contribution in [2.24, 2.45) is 0 Å². The first-order chi connectivity index (χ1) is 6.77. The Morgan fingerprint density at radius 2 is 2.00 bits per heavy atom. The van der Waals surface area contributed by atoms with Crippen LogP contribution in [0.3, 0.4) is 0 Å². The van der Waals surface area contributed by atoms with E-state index >= 15 is 0 Å². The van der Waals surface area contributed by atoms with E-state index in [9.17, 15) is 0 Å². The van der Waals surface area contributed by atoms with Gasteiger partial charge in [0.2, 0.25) is 0 Å². The number of nitrogens with zero attached hydrogens (tertiary/aromatic N) is 2. The van der Waals surface area contributed by atoms with Crippen LogP contribution in [0.25, 0.3) is 11.3 Å². The lowest BCUT2D eigenvalue weighted by Gasteiger charge is -2.02. The second kappa shape index (κ2) is 3.95. The van der Waals surface area contributed by atoms with Crippen LogP contribution >= 0.6 is 23.2 Å². The zero-order valence-electron chi connectivity index (χ0n) is 7.04. The molecule has 4 heteroatoms. The van der Waals surface area contributed by atoms with E-state index in [-0.39, 0.29) is 0 Å². The van der Waals surface area contributed by atoms with Gasteiger partial charge in [-0.25, -0.2) is 0 Å². The fraction of sp³-hybridized carbons (Fsp3) is 0. The Morgan fingerprint density at radius 3 is 2.71 bits per heavy atom. The second-order valence-corrected chi connectivity index (χ2v) is 3.52. The van der Waals surface area contributed by atoms with E-state index in [1.165, 1.54) is 0 Å². The Hall–Kier alpha value is -1.12. The smallest absolute Gasteiger partial charge is 0.113 e. The lowest BCUT2D eigenvalue weighted by atomic mass is 10.1. The van der Waals surface area contributed by atoms with Crippen molar-refractivity contribution in [2.75, 3.05) is 0 Å². The molecule has 0 atom stereocenters. The van der Waals surface area contributed by atoms with Gasteiger partial charge in [-0.2, -0.15) is 0 Å². The summed E-state index contributed by atoms with van der Waals surface area (Å²) >= 11 is 11.8. The molecule has 0 saturated heterocycles. The van der Waals surface area contributed by atoms with Crippen molar-refractivity contribution >= 4 is 23.2 Å². The zero-order valence-corrected chi connectivity index (χ0v) is 8.55. The molecule has 0 aliphatic rings. The van der Waals surface area contributed by atoms with Crippen molar-refractivity contribution < 1.29 is 0 Å². The van der Waals surface area contributed by atoms with Gasteiger partial charge in [0.25, 0.3) is 0 Å². The van der Waals surface area contributed by atoms with E-state index in [0.29, 0.717) is 15.7 Å². The predicted molar refractivity (Wildman–Crippen MR) is 56.3 cm³/mol. The number of hydrogen-bond donors (Lipinski definition) is 0. The Bertz CT molecular complexity index is 443. The van der Waals surface area contributed by atoms with E-state index in [1.54, 1.807) is 30.3 Å². The summed E-state index contributed by atoms with van der Waals surface area (Å²) in [7, 11) is 0. The Kier molecular flexibility index (Phi) is 2.66. The van der Waals surface area contributed by atoms with Gasteiger partial charge in [0.1, 0.15) is 6.20 Å². The average Bonchev–Trinajstić information content (AvgIpc) is 2.23. The van der Waals surface area contributed by atoms with Crippen LogP contribution in [0.15, 0.2) is 30.3 Å². The minimum Gasteiger partial charge on any atom is -0.150 e. The van der Waals surface area contributed by atoms with Crippen LogP contribution in [0, 0.1) is 6.20 Å². The maximum Gasteiger partial charge on any atom is 0.113 e. The van der Waals surface area contributed by atoms with E-state index in [2.05, 4.69) is 16.4 Å². The highest BCUT2D eigenvalue weighted by Crippen LogP contribution is 2.28. The lowest BCUT2D eigenvalue weighted by molar-refractivity contribution is 1.03. The summed E-state index contributed by atoms with van der Waals surface area (Å²) in [4.78, 5) is 0. The average molecular weight is 224 g/mol. The fourth-order valence-electron chi connectivity index (χ4n) is 1.10. The normalized spacial score (nSPS) is 10.1. The maximum absolute atomic E-state index is 5.99. The Balaban J connectivity index is 2.57. The summed E-state index contributed by atoms with van der Waals surface area (Å²) in [6.45, 7) is 0. The number of rotatable bonds is 1. The van der Waals surface area contributed by atoms with Crippen molar-refractivity contribution in [3.8, 4) is 11.3 Å². The molecule has 0 saturated carbocycles. The van der Waals surface area contributed by atoms with Crippen molar-refractivity contribution in [3.05, 3.63) is 46.6 Å². The third-order valence-electron chi connectivity index (χ3n) is 1.74. The molecule has 1 aromatic carbocycles. The first-order valence-electron chi connectivity index (χ1n) is 3.92. The molecule has 1 radical (unpaired) electrons. The Morgan fingerprint density at radius 1 is 1.14 bits per heavy atom. The summed E-state index contributed by atoms with van der Waals surface area (Å²) in [5.41, 5.74) is 1.47. The monoisotopic (exact) mass is 223 g/mol. The van der Waals surface area contributed by atoms with Gasteiger partial charge in [0, 0.05) is 10.6 Å². The van der Waals surface area contributed by atoms with Gasteiger partial charge in [0.05, 0.1) is 10.7 Å². The molecule has 14 heavy (non-hydrogen) atoms. The van der Waals surface area contributed by atoms with Crippen LogP contribution in [0.2, 0.25) is 10.0 Å². The highest BCUT2D eigenvalue weighted by Gasteiger charge is 2.05. The quantitative estimate of drug-likeness (QED) is 0.742. The van der Waals surface area contributed by atoms with Crippen LogP contribution in [0.4, 0.5) is 0 Å². The SMILES string of the molecule is Clc1ccc(Cl)c(-c2cc[c]nn2)c1. The fourth-order valence-corrected chi connectivity index (χ4v) is 1.49. The Labute approximate surface area is 91.5 Å².